The third kappa shape index (κ3) is 6.64. The highest BCUT2D eigenvalue weighted by Crippen LogP contribution is 2.33. The summed E-state index contributed by atoms with van der Waals surface area (Å²) in [4.78, 5) is 47.8. The summed E-state index contributed by atoms with van der Waals surface area (Å²) in [6.07, 6.45) is 0.0730. The number of halogens is 1. The van der Waals surface area contributed by atoms with Crippen LogP contribution in [-0.4, -0.2) is 53.6 Å². The molecule has 3 rings (SSSR count). The number of esters is 1. The normalized spacial score (nSPS) is 18.1. The van der Waals surface area contributed by atoms with Crippen molar-refractivity contribution in [1.82, 2.24) is 10.2 Å². The number of β-lactam (4-membered cyclic amide) rings is 1. The van der Waals surface area contributed by atoms with Crippen molar-refractivity contribution in [1.29, 1.82) is 0 Å². The molecule has 0 aromatic heterocycles. The second kappa shape index (κ2) is 12.3. The van der Waals surface area contributed by atoms with E-state index in [1.807, 2.05) is 0 Å². The Morgan fingerprint density at radius 3 is 2.37 bits per heavy atom. The maximum atomic E-state index is 13.0. The Morgan fingerprint density at radius 1 is 1.18 bits per heavy atom. The number of nitro benzene ring substituents is 2. The molecule has 0 aliphatic carbocycles. The summed E-state index contributed by atoms with van der Waals surface area (Å²) in [5.74, 6) is -1.47. The molecule has 1 N–H and O–H groups in total. The van der Waals surface area contributed by atoms with E-state index in [0.717, 1.165) is 4.90 Å². The third-order valence-electron chi connectivity index (χ3n) is 5.57. The second-order valence-corrected chi connectivity index (χ2v) is 10.7. The Bertz CT molecular complexity index is 1290. The predicted molar refractivity (Wildman–Crippen MR) is 142 cm³/mol. The third-order valence-corrected chi connectivity index (χ3v) is 7.26. The number of amides is 1. The summed E-state index contributed by atoms with van der Waals surface area (Å²) < 4.78 is 17.7. The van der Waals surface area contributed by atoms with E-state index in [4.69, 9.17) is 27.6 Å². The number of benzene rings is 2. The molecule has 38 heavy (non-hydrogen) atoms. The zero-order chi connectivity index (χ0) is 28.1. The molecule has 2 aromatic carbocycles. The van der Waals surface area contributed by atoms with Crippen molar-refractivity contribution in [2.75, 3.05) is 0 Å². The largest absolute Gasteiger partial charge is 0.597 e. The van der Waals surface area contributed by atoms with Crippen LogP contribution in [0.1, 0.15) is 18.1 Å². The molecule has 1 fully saturated rings. The van der Waals surface area contributed by atoms with Gasteiger partial charge in [0.05, 0.1) is 25.2 Å². The van der Waals surface area contributed by atoms with E-state index < -0.39 is 49.6 Å². The molecular formula is C23H21ClN4O8S2. The van der Waals surface area contributed by atoms with E-state index >= 15 is 0 Å². The summed E-state index contributed by atoms with van der Waals surface area (Å²) in [6.45, 7) is 5.01. The zero-order valence-electron chi connectivity index (χ0n) is 19.8. The lowest BCUT2D eigenvalue weighted by molar-refractivity contribution is -0.385. The fraction of sp³-hybridized carbons (Fsp3) is 0.261. The summed E-state index contributed by atoms with van der Waals surface area (Å²) in [5, 5.41) is 23.4. The average molecular weight is 581 g/mol. The van der Waals surface area contributed by atoms with Crippen molar-refractivity contribution in [2.45, 2.75) is 37.4 Å². The molecule has 1 amide bonds. The SMILES string of the molecule is C=C(C)C(C(=O)OCc1ccc([N+](=O)[O-])cc1)N1C(=O)C(NC(=S)Cc2cccc([N+](=O)[O-])c2)C1[S+]([O-])Cl. The fourth-order valence-corrected chi connectivity index (χ4v) is 5.44. The Hall–Kier alpha value is -3.59. The first-order chi connectivity index (χ1) is 17.9. The van der Waals surface area contributed by atoms with Crippen molar-refractivity contribution in [3.05, 3.63) is 92.0 Å². The first kappa shape index (κ1) is 29.0. The van der Waals surface area contributed by atoms with E-state index in [9.17, 15) is 34.4 Å². The van der Waals surface area contributed by atoms with Crippen LogP contribution >= 0.6 is 22.9 Å². The van der Waals surface area contributed by atoms with Gasteiger partial charge in [0.15, 0.2) is 22.8 Å². The van der Waals surface area contributed by atoms with Gasteiger partial charge < -0.3 is 14.6 Å². The lowest BCUT2D eigenvalue weighted by Crippen LogP contribution is -2.75. The van der Waals surface area contributed by atoms with Gasteiger partial charge in [0.1, 0.15) is 6.61 Å². The van der Waals surface area contributed by atoms with Gasteiger partial charge in [-0.2, -0.15) is 0 Å². The smallest absolute Gasteiger partial charge is 0.333 e. The number of likely N-dealkylation sites (tertiary alicyclic amines) is 1. The van der Waals surface area contributed by atoms with Crippen LogP contribution in [-0.2, 0) is 37.7 Å². The summed E-state index contributed by atoms with van der Waals surface area (Å²) >= 11 is 5.30. The molecule has 15 heteroatoms. The molecule has 0 bridgehead atoms. The summed E-state index contributed by atoms with van der Waals surface area (Å²) in [6, 6.07) is 8.78. The Balaban J connectivity index is 1.68. The second-order valence-electron chi connectivity index (χ2n) is 8.31. The molecule has 1 heterocycles. The number of rotatable bonds is 11. The molecule has 2 aromatic rings. The monoisotopic (exact) mass is 580 g/mol. The maximum absolute atomic E-state index is 13.0. The van der Waals surface area contributed by atoms with Crippen LogP contribution in [0, 0.1) is 20.2 Å². The average Bonchev–Trinajstić information content (AvgIpc) is 2.86. The van der Waals surface area contributed by atoms with Crippen LogP contribution < -0.4 is 5.32 Å². The highest BCUT2D eigenvalue weighted by molar-refractivity contribution is 8.14. The van der Waals surface area contributed by atoms with Gasteiger partial charge in [-0.25, -0.2) is 4.79 Å². The van der Waals surface area contributed by atoms with Gasteiger partial charge in [0.25, 0.3) is 17.3 Å². The van der Waals surface area contributed by atoms with Crippen LogP contribution in [0.25, 0.3) is 0 Å². The minimum atomic E-state index is -2.12. The number of nitrogens with zero attached hydrogens (tertiary/aromatic N) is 3. The number of ether oxygens (including phenoxy) is 1. The number of carbonyl (C=O) groups is 2. The molecule has 0 saturated carbocycles. The lowest BCUT2D eigenvalue weighted by atomic mass is 9.99. The Labute approximate surface area is 229 Å². The van der Waals surface area contributed by atoms with E-state index in [2.05, 4.69) is 11.9 Å². The van der Waals surface area contributed by atoms with Gasteiger partial charge >= 0.3 is 5.97 Å². The zero-order valence-corrected chi connectivity index (χ0v) is 22.2. The fourth-order valence-electron chi connectivity index (χ4n) is 3.78. The van der Waals surface area contributed by atoms with E-state index in [1.165, 1.54) is 49.4 Å². The Kier molecular flexibility index (Phi) is 9.38. The van der Waals surface area contributed by atoms with Gasteiger partial charge in [0, 0.05) is 30.7 Å². The van der Waals surface area contributed by atoms with Gasteiger partial charge in [-0.05, 0) is 35.8 Å². The van der Waals surface area contributed by atoms with Crippen LogP contribution in [0.2, 0.25) is 0 Å². The van der Waals surface area contributed by atoms with E-state index in [0.29, 0.717) is 11.1 Å². The van der Waals surface area contributed by atoms with Gasteiger partial charge in [-0.15, -0.1) is 0 Å². The molecule has 1 saturated heterocycles. The van der Waals surface area contributed by atoms with Crippen molar-refractivity contribution in [3.63, 3.8) is 0 Å². The standard InChI is InChI=1S/C23H21ClN4O8S2/c1-13(2)20(23(30)36-12-14-6-8-16(9-7-14)27(31)32)26-21(29)19(22(26)38(24)35)25-18(37)11-15-4-3-5-17(10-15)28(33)34/h3-10,19-20,22H,1,11-12H2,2H3,(H,25,37). The molecule has 12 nitrogen and oxygen atoms in total. The number of hydrogen-bond acceptors (Lipinski definition) is 9. The highest BCUT2D eigenvalue weighted by atomic mass is 35.7. The minimum Gasteiger partial charge on any atom is -0.597 e. The lowest BCUT2D eigenvalue weighted by Gasteiger charge is -2.47. The van der Waals surface area contributed by atoms with Crippen LogP contribution in [0.3, 0.4) is 0 Å². The number of hydrogen-bond donors (Lipinski definition) is 1. The van der Waals surface area contributed by atoms with Crippen molar-refractivity contribution < 1.29 is 28.7 Å². The van der Waals surface area contributed by atoms with Gasteiger partial charge in [-0.1, -0.05) is 30.9 Å². The van der Waals surface area contributed by atoms with Gasteiger partial charge in [-0.3, -0.25) is 29.9 Å². The number of non-ortho nitro benzene ring substituents is 2. The number of nitro groups is 2. The van der Waals surface area contributed by atoms with Crippen LogP contribution in [0.4, 0.5) is 11.4 Å². The van der Waals surface area contributed by atoms with Crippen LogP contribution in [0.15, 0.2) is 60.7 Å². The molecule has 0 radical (unpaired) electrons. The molecule has 200 valence electrons. The first-order valence-electron chi connectivity index (χ1n) is 10.9. The van der Waals surface area contributed by atoms with Crippen LogP contribution in [0.5, 0.6) is 0 Å². The molecular weight excluding hydrogens is 560 g/mol. The van der Waals surface area contributed by atoms with Crippen molar-refractivity contribution in [3.8, 4) is 0 Å². The molecule has 1 aliphatic heterocycles. The molecule has 4 unspecified atom stereocenters. The van der Waals surface area contributed by atoms with Crippen molar-refractivity contribution >= 4 is 61.5 Å². The summed E-state index contributed by atoms with van der Waals surface area (Å²) in [7, 11) is 3.76. The highest BCUT2D eigenvalue weighted by Gasteiger charge is 2.59. The topological polar surface area (TPSA) is 168 Å². The van der Waals surface area contributed by atoms with Gasteiger partial charge in [0.2, 0.25) is 5.37 Å². The number of thiocarbonyl (C=S) groups is 1. The van der Waals surface area contributed by atoms with E-state index in [-0.39, 0.29) is 35.0 Å². The van der Waals surface area contributed by atoms with Crippen molar-refractivity contribution in [2.24, 2.45) is 0 Å². The minimum absolute atomic E-state index is 0.0730. The molecule has 1 aliphatic rings. The summed E-state index contributed by atoms with van der Waals surface area (Å²) in [5.41, 5.74) is 0.992. The molecule has 4 atom stereocenters. The first-order valence-corrected chi connectivity index (χ1v) is 13.3. The number of carbonyl (C=O) groups excluding carboxylic acids is 2. The maximum Gasteiger partial charge on any atom is 0.333 e. The number of nitrogens with one attached hydrogen (secondary N) is 1. The molecule has 0 spiro atoms. The Morgan fingerprint density at radius 2 is 1.82 bits per heavy atom. The quantitative estimate of drug-likeness (QED) is 0.0792. The predicted octanol–water partition coefficient (Wildman–Crippen LogP) is 3.09. The van der Waals surface area contributed by atoms with E-state index in [1.54, 1.807) is 6.07 Å².